The molecule has 0 aromatic heterocycles. The Hall–Kier alpha value is -2.40. The first-order chi connectivity index (χ1) is 14.1. The van der Waals surface area contributed by atoms with Gasteiger partial charge < -0.3 is 10.1 Å². The van der Waals surface area contributed by atoms with Crippen LogP contribution < -0.4 is 10.1 Å². The Morgan fingerprint density at radius 3 is 2.72 bits per heavy atom. The normalized spacial score (nSPS) is 17.1. The maximum atomic E-state index is 13.8. The third kappa shape index (κ3) is 6.04. The van der Waals surface area contributed by atoms with E-state index in [2.05, 4.69) is 35.3 Å². The summed E-state index contributed by atoms with van der Waals surface area (Å²) in [5, 5.41) is 3.02. The van der Waals surface area contributed by atoms with E-state index >= 15 is 0 Å². The molecule has 1 heterocycles. The molecule has 0 bridgehead atoms. The van der Waals surface area contributed by atoms with E-state index in [0.29, 0.717) is 25.4 Å². The number of piperidine rings is 1. The molecule has 4 nitrogen and oxygen atoms in total. The molecule has 1 N–H and O–H groups in total. The van der Waals surface area contributed by atoms with E-state index in [1.54, 1.807) is 12.1 Å². The first kappa shape index (κ1) is 21.3. The number of halogens is 1. The lowest BCUT2D eigenvalue weighted by Gasteiger charge is -2.33. The van der Waals surface area contributed by atoms with Crippen molar-refractivity contribution in [3.05, 3.63) is 65.0 Å². The molecule has 1 unspecified atom stereocenters. The highest BCUT2D eigenvalue weighted by Gasteiger charge is 2.19. The molecule has 29 heavy (non-hydrogen) atoms. The monoisotopic (exact) mass is 398 g/mol. The minimum atomic E-state index is -0.397. The number of hydrogen-bond acceptors (Lipinski definition) is 3. The Labute approximate surface area is 173 Å². The number of amides is 1. The molecule has 2 aromatic rings. The molecule has 1 saturated heterocycles. The van der Waals surface area contributed by atoms with Crippen molar-refractivity contribution < 1.29 is 13.9 Å². The van der Waals surface area contributed by atoms with Crippen molar-refractivity contribution in [3.8, 4) is 5.75 Å². The SMILES string of the molecule is COc1ccc(CCC(=O)NCc2ccccc2CN2CCCCC2C)cc1F. The van der Waals surface area contributed by atoms with E-state index in [1.807, 2.05) is 6.07 Å². The first-order valence-electron chi connectivity index (χ1n) is 10.5. The number of nitrogens with one attached hydrogen (secondary N) is 1. The fourth-order valence-electron chi connectivity index (χ4n) is 3.90. The van der Waals surface area contributed by atoms with Crippen molar-refractivity contribution in [2.45, 2.75) is 58.2 Å². The summed E-state index contributed by atoms with van der Waals surface area (Å²) in [6, 6.07) is 13.8. The number of likely N-dealkylation sites (tertiary alicyclic amines) is 1. The number of rotatable bonds is 8. The van der Waals surface area contributed by atoms with E-state index in [0.717, 1.165) is 24.2 Å². The van der Waals surface area contributed by atoms with Crippen LogP contribution in [0.25, 0.3) is 0 Å². The molecule has 0 spiro atoms. The number of benzene rings is 2. The van der Waals surface area contributed by atoms with Crippen LogP contribution in [0.4, 0.5) is 4.39 Å². The van der Waals surface area contributed by atoms with Crippen LogP contribution in [0, 0.1) is 5.82 Å². The maximum Gasteiger partial charge on any atom is 0.220 e. The van der Waals surface area contributed by atoms with E-state index in [-0.39, 0.29) is 11.7 Å². The van der Waals surface area contributed by atoms with Crippen LogP contribution in [-0.2, 0) is 24.3 Å². The van der Waals surface area contributed by atoms with Gasteiger partial charge in [-0.05, 0) is 61.6 Å². The zero-order valence-electron chi connectivity index (χ0n) is 17.4. The van der Waals surface area contributed by atoms with E-state index in [1.165, 1.54) is 38.0 Å². The van der Waals surface area contributed by atoms with Gasteiger partial charge in [-0.15, -0.1) is 0 Å². The van der Waals surface area contributed by atoms with E-state index < -0.39 is 5.82 Å². The highest BCUT2D eigenvalue weighted by atomic mass is 19.1. The van der Waals surface area contributed by atoms with E-state index in [4.69, 9.17) is 4.74 Å². The summed E-state index contributed by atoms with van der Waals surface area (Å²) in [5.41, 5.74) is 3.23. The summed E-state index contributed by atoms with van der Waals surface area (Å²) in [7, 11) is 1.44. The molecular formula is C24H31FN2O2. The standard InChI is InChI=1S/C24H31FN2O2/c1-18-7-5-6-14-27(18)17-21-9-4-3-8-20(21)16-26-24(28)13-11-19-10-12-23(29-2)22(25)15-19/h3-4,8-10,12,15,18H,5-7,11,13-14,16-17H2,1-2H3,(H,26,28). The maximum absolute atomic E-state index is 13.8. The number of ether oxygens (including phenoxy) is 1. The van der Waals surface area contributed by atoms with Gasteiger partial charge in [-0.3, -0.25) is 9.69 Å². The molecule has 0 saturated carbocycles. The second kappa shape index (κ2) is 10.4. The fourth-order valence-corrected chi connectivity index (χ4v) is 3.90. The molecule has 156 valence electrons. The lowest BCUT2D eigenvalue weighted by atomic mass is 10.0. The third-order valence-corrected chi connectivity index (χ3v) is 5.77. The summed E-state index contributed by atoms with van der Waals surface area (Å²) in [6.45, 7) is 4.89. The lowest BCUT2D eigenvalue weighted by Crippen LogP contribution is -2.37. The van der Waals surface area contributed by atoms with Gasteiger partial charge in [-0.2, -0.15) is 0 Å². The largest absolute Gasteiger partial charge is 0.494 e. The zero-order chi connectivity index (χ0) is 20.6. The number of hydrogen-bond donors (Lipinski definition) is 1. The number of carbonyl (C=O) groups excluding carboxylic acids is 1. The van der Waals surface area contributed by atoms with Crippen LogP contribution in [0.1, 0.15) is 49.3 Å². The molecular weight excluding hydrogens is 367 g/mol. The topological polar surface area (TPSA) is 41.6 Å². The number of aryl methyl sites for hydroxylation is 1. The Morgan fingerprint density at radius 2 is 2.00 bits per heavy atom. The van der Waals surface area contributed by atoms with Crippen LogP contribution in [0.15, 0.2) is 42.5 Å². The number of nitrogens with zero attached hydrogens (tertiary/aromatic N) is 1. The molecule has 0 radical (unpaired) electrons. The minimum absolute atomic E-state index is 0.0256. The predicted octanol–water partition coefficient (Wildman–Crippen LogP) is 4.46. The smallest absolute Gasteiger partial charge is 0.220 e. The van der Waals surface area contributed by atoms with Gasteiger partial charge in [0, 0.05) is 25.6 Å². The van der Waals surface area contributed by atoms with Crippen molar-refractivity contribution in [1.82, 2.24) is 10.2 Å². The number of carbonyl (C=O) groups is 1. The van der Waals surface area contributed by atoms with Crippen molar-refractivity contribution >= 4 is 5.91 Å². The second-order valence-electron chi connectivity index (χ2n) is 7.83. The molecule has 1 aliphatic rings. The summed E-state index contributed by atoms with van der Waals surface area (Å²) in [4.78, 5) is 14.8. The molecule has 1 amide bonds. The van der Waals surface area contributed by atoms with Gasteiger partial charge in [0.25, 0.3) is 0 Å². The Balaban J connectivity index is 1.51. The fraction of sp³-hybridized carbons (Fsp3) is 0.458. The van der Waals surface area contributed by atoms with Crippen LogP contribution in [0.5, 0.6) is 5.75 Å². The predicted molar refractivity (Wildman–Crippen MR) is 113 cm³/mol. The summed E-state index contributed by atoms with van der Waals surface area (Å²) < 4.78 is 18.7. The van der Waals surface area contributed by atoms with E-state index in [9.17, 15) is 9.18 Å². The van der Waals surface area contributed by atoms with Gasteiger partial charge in [-0.1, -0.05) is 36.8 Å². The van der Waals surface area contributed by atoms with Crippen LogP contribution >= 0.6 is 0 Å². The number of methoxy groups -OCH3 is 1. The first-order valence-corrected chi connectivity index (χ1v) is 10.5. The molecule has 2 aromatic carbocycles. The van der Waals surface area contributed by atoms with Gasteiger partial charge in [-0.25, -0.2) is 4.39 Å². The Kier molecular flexibility index (Phi) is 7.64. The van der Waals surface area contributed by atoms with Crippen molar-refractivity contribution in [3.63, 3.8) is 0 Å². The molecule has 0 aliphatic carbocycles. The summed E-state index contributed by atoms with van der Waals surface area (Å²) in [5.74, 6) is -0.202. The quantitative estimate of drug-likeness (QED) is 0.714. The average molecular weight is 399 g/mol. The second-order valence-corrected chi connectivity index (χ2v) is 7.83. The zero-order valence-corrected chi connectivity index (χ0v) is 17.4. The van der Waals surface area contributed by atoms with Crippen LogP contribution in [0.2, 0.25) is 0 Å². The van der Waals surface area contributed by atoms with Gasteiger partial charge in [0.2, 0.25) is 5.91 Å². The molecule has 5 heteroatoms. The highest BCUT2D eigenvalue weighted by Crippen LogP contribution is 2.21. The van der Waals surface area contributed by atoms with Gasteiger partial charge >= 0.3 is 0 Å². The van der Waals surface area contributed by atoms with Gasteiger partial charge in [0.05, 0.1) is 7.11 Å². The van der Waals surface area contributed by atoms with Gasteiger partial charge in [0.15, 0.2) is 11.6 Å². The molecule has 1 atom stereocenters. The van der Waals surface area contributed by atoms with Gasteiger partial charge in [0.1, 0.15) is 0 Å². The molecule has 1 aliphatic heterocycles. The molecule has 1 fully saturated rings. The lowest BCUT2D eigenvalue weighted by molar-refractivity contribution is -0.121. The Bertz CT molecular complexity index is 824. The van der Waals surface area contributed by atoms with Crippen molar-refractivity contribution in [1.29, 1.82) is 0 Å². The molecule has 3 rings (SSSR count). The highest BCUT2D eigenvalue weighted by molar-refractivity contribution is 5.76. The van der Waals surface area contributed by atoms with Crippen molar-refractivity contribution in [2.75, 3.05) is 13.7 Å². The summed E-state index contributed by atoms with van der Waals surface area (Å²) in [6.07, 6.45) is 4.66. The Morgan fingerprint density at radius 1 is 1.21 bits per heavy atom. The minimum Gasteiger partial charge on any atom is -0.494 e. The summed E-state index contributed by atoms with van der Waals surface area (Å²) >= 11 is 0. The third-order valence-electron chi connectivity index (χ3n) is 5.77. The van der Waals surface area contributed by atoms with Crippen LogP contribution in [-0.4, -0.2) is 30.5 Å². The van der Waals surface area contributed by atoms with Crippen molar-refractivity contribution in [2.24, 2.45) is 0 Å². The van der Waals surface area contributed by atoms with Crippen LogP contribution in [0.3, 0.4) is 0 Å². The average Bonchev–Trinajstić information content (AvgIpc) is 2.73.